The van der Waals surface area contributed by atoms with Crippen molar-refractivity contribution < 1.29 is 9.13 Å². The zero-order valence-corrected chi connectivity index (χ0v) is 9.61. The summed E-state index contributed by atoms with van der Waals surface area (Å²) >= 11 is 0. The van der Waals surface area contributed by atoms with Crippen LogP contribution < -0.4 is 10.5 Å². The summed E-state index contributed by atoms with van der Waals surface area (Å²) in [6.07, 6.45) is 0.670. The van der Waals surface area contributed by atoms with Crippen molar-refractivity contribution in [3.8, 4) is 5.75 Å². The molecule has 0 saturated carbocycles. The average Bonchev–Trinajstić information content (AvgIpc) is 2.35. The molecule has 0 aliphatic rings. The maximum absolute atomic E-state index is 12.8. The zero-order valence-electron chi connectivity index (χ0n) is 9.61. The lowest BCUT2D eigenvalue weighted by atomic mass is 10.0. The van der Waals surface area contributed by atoms with Crippen molar-refractivity contribution in [3.63, 3.8) is 0 Å². The Hall–Kier alpha value is -2.03. The monoisotopic (exact) mass is 231 g/mol. The van der Waals surface area contributed by atoms with Crippen molar-refractivity contribution in [1.29, 1.82) is 0 Å². The van der Waals surface area contributed by atoms with Gasteiger partial charge in [-0.05, 0) is 47.9 Å². The van der Waals surface area contributed by atoms with Gasteiger partial charge in [-0.15, -0.1) is 0 Å². The van der Waals surface area contributed by atoms with Crippen molar-refractivity contribution in [2.75, 3.05) is 12.8 Å². The molecule has 2 aromatic carbocycles. The first kappa shape index (κ1) is 11.5. The summed E-state index contributed by atoms with van der Waals surface area (Å²) in [6, 6.07) is 12.0. The first-order chi connectivity index (χ1) is 8.19. The zero-order chi connectivity index (χ0) is 12.3. The SMILES string of the molecule is COc1ccc(N)c(Cc2ccc(F)cc2)c1. The molecule has 2 nitrogen and oxygen atoms in total. The highest BCUT2D eigenvalue weighted by Gasteiger charge is 2.03. The maximum Gasteiger partial charge on any atom is 0.123 e. The smallest absolute Gasteiger partial charge is 0.123 e. The lowest BCUT2D eigenvalue weighted by Gasteiger charge is -2.08. The Bertz CT molecular complexity index is 508. The molecule has 0 saturated heterocycles. The first-order valence-corrected chi connectivity index (χ1v) is 5.36. The summed E-state index contributed by atoms with van der Waals surface area (Å²) in [5.74, 6) is 0.545. The van der Waals surface area contributed by atoms with E-state index in [1.165, 1.54) is 12.1 Å². The van der Waals surface area contributed by atoms with E-state index >= 15 is 0 Å². The van der Waals surface area contributed by atoms with Gasteiger partial charge in [-0.25, -0.2) is 4.39 Å². The van der Waals surface area contributed by atoms with Gasteiger partial charge in [-0.3, -0.25) is 0 Å². The molecule has 2 aromatic rings. The molecule has 0 aliphatic heterocycles. The summed E-state index contributed by atoms with van der Waals surface area (Å²) in [4.78, 5) is 0. The number of ether oxygens (including phenoxy) is 1. The van der Waals surface area contributed by atoms with Crippen LogP contribution in [0.4, 0.5) is 10.1 Å². The molecule has 0 bridgehead atoms. The highest BCUT2D eigenvalue weighted by atomic mass is 19.1. The number of nitrogen functional groups attached to an aromatic ring is 1. The van der Waals surface area contributed by atoms with Gasteiger partial charge in [0, 0.05) is 5.69 Å². The van der Waals surface area contributed by atoms with Gasteiger partial charge >= 0.3 is 0 Å². The van der Waals surface area contributed by atoms with E-state index in [4.69, 9.17) is 10.5 Å². The van der Waals surface area contributed by atoms with Crippen LogP contribution in [0, 0.1) is 5.82 Å². The fraction of sp³-hybridized carbons (Fsp3) is 0.143. The standard InChI is InChI=1S/C14H14FNO/c1-17-13-6-7-14(16)11(9-13)8-10-2-4-12(15)5-3-10/h2-7,9H,8,16H2,1H3. The molecule has 17 heavy (non-hydrogen) atoms. The Morgan fingerprint density at radius 1 is 1.12 bits per heavy atom. The van der Waals surface area contributed by atoms with Gasteiger partial charge in [0.05, 0.1) is 7.11 Å². The largest absolute Gasteiger partial charge is 0.497 e. The molecular formula is C14H14FNO. The Labute approximate surface area is 99.8 Å². The van der Waals surface area contributed by atoms with E-state index in [2.05, 4.69) is 0 Å². The third-order valence-electron chi connectivity index (χ3n) is 2.66. The number of rotatable bonds is 3. The number of nitrogens with two attached hydrogens (primary N) is 1. The van der Waals surface area contributed by atoms with Crippen LogP contribution in [-0.4, -0.2) is 7.11 Å². The number of halogens is 1. The molecule has 0 atom stereocenters. The minimum Gasteiger partial charge on any atom is -0.497 e. The van der Waals surface area contributed by atoms with Crippen LogP contribution in [0.25, 0.3) is 0 Å². The summed E-state index contributed by atoms with van der Waals surface area (Å²) in [7, 11) is 1.62. The normalized spacial score (nSPS) is 10.2. The van der Waals surface area contributed by atoms with Crippen molar-refractivity contribution in [1.82, 2.24) is 0 Å². The van der Waals surface area contributed by atoms with Gasteiger partial charge in [-0.2, -0.15) is 0 Å². The Morgan fingerprint density at radius 3 is 2.47 bits per heavy atom. The van der Waals surface area contributed by atoms with Crippen LogP contribution in [-0.2, 0) is 6.42 Å². The molecular weight excluding hydrogens is 217 g/mol. The molecule has 0 spiro atoms. The third-order valence-corrected chi connectivity index (χ3v) is 2.66. The van der Waals surface area contributed by atoms with Crippen LogP contribution in [0.3, 0.4) is 0 Å². The summed E-state index contributed by atoms with van der Waals surface area (Å²) in [5, 5.41) is 0. The first-order valence-electron chi connectivity index (χ1n) is 5.36. The van der Waals surface area contributed by atoms with E-state index in [1.54, 1.807) is 19.2 Å². The van der Waals surface area contributed by atoms with Gasteiger partial charge in [-0.1, -0.05) is 12.1 Å². The summed E-state index contributed by atoms with van der Waals surface area (Å²) in [5.41, 5.74) is 8.61. The fourth-order valence-corrected chi connectivity index (χ4v) is 1.68. The molecule has 0 amide bonds. The molecule has 0 aliphatic carbocycles. The van der Waals surface area contributed by atoms with Crippen molar-refractivity contribution >= 4 is 5.69 Å². The second-order valence-electron chi connectivity index (χ2n) is 3.87. The maximum atomic E-state index is 12.8. The predicted molar refractivity (Wildman–Crippen MR) is 66.6 cm³/mol. The van der Waals surface area contributed by atoms with E-state index in [-0.39, 0.29) is 5.82 Å². The summed E-state index contributed by atoms with van der Waals surface area (Å²) < 4.78 is 17.9. The predicted octanol–water partition coefficient (Wildman–Crippen LogP) is 3.01. The third kappa shape index (κ3) is 2.75. The number of methoxy groups -OCH3 is 1. The van der Waals surface area contributed by atoms with Crippen LogP contribution >= 0.6 is 0 Å². The number of benzene rings is 2. The van der Waals surface area contributed by atoms with Gasteiger partial charge in [0.2, 0.25) is 0 Å². The van der Waals surface area contributed by atoms with Crippen LogP contribution in [0.2, 0.25) is 0 Å². The second kappa shape index (κ2) is 4.87. The molecule has 0 heterocycles. The molecule has 2 rings (SSSR count). The highest BCUT2D eigenvalue weighted by Crippen LogP contribution is 2.22. The molecule has 0 fully saturated rings. The fourth-order valence-electron chi connectivity index (χ4n) is 1.68. The molecule has 3 heteroatoms. The van der Waals surface area contributed by atoms with E-state index in [1.807, 2.05) is 18.2 Å². The molecule has 0 unspecified atom stereocenters. The average molecular weight is 231 g/mol. The minimum absolute atomic E-state index is 0.229. The van der Waals surface area contributed by atoms with Crippen molar-refractivity contribution in [2.24, 2.45) is 0 Å². The number of anilines is 1. The lowest BCUT2D eigenvalue weighted by Crippen LogP contribution is -1.97. The van der Waals surface area contributed by atoms with Crippen LogP contribution in [0.5, 0.6) is 5.75 Å². The Morgan fingerprint density at radius 2 is 1.82 bits per heavy atom. The highest BCUT2D eigenvalue weighted by molar-refractivity contribution is 5.52. The second-order valence-corrected chi connectivity index (χ2v) is 3.87. The van der Waals surface area contributed by atoms with Crippen molar-refractivity contribution in [2.45, 2.75) is 6.42 Å². The lowest BCUT2D eigenvalue weighted by molar-refractivity contribution is 0.414. The van der Waals surface area contributed by atoms with E-state index in [0.717, 1.165) is 22.6 Å². The summed E-state index contributed by atoms with van der Waals surface area (Å²) in [6.45, 7) is 0. The topological polar surface area (TPSA) is 35.2 Å². The van der Waals surface area contributed by atoms with E-state index in [9.17, 15) is 4.39 Å². The van der Waals surface area contributed by atoms with Crippen LogP contribution in [0.1, 0.15) is 11.1 Å². The Kier molecular flexibility index (Phi) is 3.28. The molecule has 0 aromatic heterocycles. The minimum atomic E-state index is -0.229. The van der Waals surface area contributed by atoms with Crippen molar-refractivity contribution in [3.05, 3.63) is 59.4 Å². The van der Waals surface area contributed by atoms with Gasteiger partial charge in [0.15, 0.2) is 0 Å². The number of hydrogen-bond acceptors (Lipinski definition) is 2. The van der Waals surface area contributed by atoms with Crippen LogP contribution in [0.15, 0.2) is 42.5 Å². The Balaban J connectivity index is 2.25. The molecule has 2 N–H and O–H groups in total. The molecule has 0 radical (unpaired) electrons. The quantitative estimate of drug-likeness (QED) is 0.824. The van der Waals surface area contributed by atoms with E-state index in [0.29, 0.717) is 6.42 Å². The molecule has 88 valence electrons. The van der Waals surface area contributed by atoms with Gasteiger partial charge in [0.25, 0.3) is 0 Å². The van der Waals surface area contributed by atoms with Gasteiger partial charge < -0.3 is 10.5 Å². The van der Waals surface area contributed by atoms with Gasteiger partial charge in [0.1, 0.15) is 11.6 Å². The number of hydrogen-bond donors (Lipinski definition) is 1. The van der Waals surface area contributed by atoms with E-state index < -0.39 is 0 Å².